The Morgan fingerprint density at radius 2 is 1.69 bits per heavy atom. The number of sulfonamides is 1. The monoisotopic (exact) mass is 411 g/mol. The lowest BCUT2D eigenvalue weighted by molar-refractivity contribution is 0.586. The third-order valence-corrected chi connectivity index (χ3v) is 7.83. The fourth-order valence-corrected chi connectivity index (χ4v) is 5.88. The summed E-state index contributed by atoms with van der Waals surface area (Å²) in [5.41, 5.74) is 2.37. The van der Waals surface area contributed by atoms with Crippen LogP contribution in [0, 0.1) is 13.8 Å². The zero-order valence-corrected chi connectivity index (χ0v) is 16.6. The molecule has 1 aliphatic rings. The van der Waals surface area contributed by atoms with E-state index >= 15 is 0 Å². The molecule has 0 aliphatic carbocycles. The van der Waals surface area contributed by atoms with Gasteiger partial charge in [-0.15, -0.1) is 0 Å². The van der Waals surface area contributed by atoms with Crippen LogP contribution < -0.4 is 4.31 Å². The Bertz CT molecular complexity index is 1070. The van der Waals surface area contributed by atoms with Crippen molar-refractivity contribution in [2.75, 3.05) is 10.1 Å². The molecule has 0 amide bonds. The first-order chi connectivity index (χ1) is 12.1. The Balaban J connectivity index is 2.15. The molecule has 5 nitrogen and oxygen atoms in total. The molecule has 26 heavy (non-hydrogen) atoms. The average Bonchev–Trinajstić information content (AvgIpc) is 2.90. The van der Waals surface area contributed by atoms with Gasteiger partial charge in [0.1, 0.15) is 0 Å². The molecule has 2 aromatic rings. The predicted molar refractivity (Wildman–Crippen MR) is 104 cm³/mol. The Morgan fingerprint density at radius 3 is 2.23 bits per heavy atom. The third-order valence-electron chi connectivity index (χ3n) is 4.33. The third kappa shape index (κ3) is 3.65. The molecule has 1 aliphatic heterocycles. The lowest BCUT2D eigenvalue weighted by atomic mass is 10.1. The number of halogens is 1. The van der Waals surface area contributed by atoms with Gasteiger partial charge in [-0.05, 0) is 67.4 Å². The fourth-order valence-electron chi connectivity index (χ4n) is 2.80. The second-order valence-electron chi connectivity index (χ2n) is 6.25. The second kappa shape index (κ2) is 6.72. The summed E-state index contributed by atoms with van der Waals surface area (Å²) in [5, 5.41) is 1.49. The van der Waals surface area contributed by atoms with E-state index in [1.54, 1.807) is 12.1 Å². The van der Waals surface area contributed by atoms with Gasteiger partial charge in [-0.25, -0.2) is 16.8 Å². The molecule has 0 N–H and O–H groups in total. The first-order valence-corrected chi connectivity index (χ1v) is 11.4. The molecule has 1 heterocycles. The average molecular weight is 412 g/mol. The fraction of sp³-hybridized carbons (Fsp3) is 0.222. The number of benzene rings is 2. The van der Waals surface area contributed by atoms with Crippen LogP contribution in [0.1, 0.15) is 11.1 Å². The molecule has 0 saturated carbocycles. The summed E-state index contributed by atoms with van der Waals surface area (Å²) in [5.74, 6) is -0.285. The van der Waals surface area contributed by atoms with Gasteiger partial charge in [-0.2, -0.15) is 0 Å². The van der Waals surface area contributed by atoms with Crippen molar-refractivity contribution in [1.29, 1.82) is 0 Å². The van der Waals surface area contributed by atoms with Crippen LogP contribution in [0.4, 0.5) is 5.69 Å². The van der Waals surface area contributed by atoms with Crippen molar-refractivity contribution < 1.29 is 16.8 Å². The molecule has 0 radical (unpaired) electrons. The van der Waals surface area contributed by atoms with E-state index in [1.165, 1.54) is 34.6 Å². The van der Waals surface area contributed by atoms with Crippen molar-refractivity contribution >= 4 is 37.1 Å². The quantitative estimate of drug-likeness (QED) is 0.772. The molecule has 3 rings (SSSR count). The normalized spacial score (nSPS) is 18.8. The molecule has 0 fully saturated rings. The van der Waals surface area contributed by atoms with Crippen LogP contribution >= 0.6 is 11.6 Å². The van der Waals surface area contributed by atoms with E-state index in [0.717, 1.165) is 16.5 Å². The van der Waals surface area contributed by atoms with Crippen LogP contribution in [0.15, 0.2) is 58.8 Å². The first-order valence-electron chi connectivity index (χ1n) is 7.88. The summed E-state index contributed by atoms with van der Waals surface area (Å²) in [6, 6.07) is 10.3. The summed E-state index contributed by atoms with van der Waals surface area (Å²) in [4.78, 5) is 0.0535. The highest BCUT2D eigenvalue weighted by Gasteiger charge is 2.36. The summed E-state index contributed by atoms with van der Waals surface area (Å²) in [6.07, 6.45) is 1.41. The number of nitrogens with zero attached hydrogens (tertiary/aromatic N) is 1. The number of hydrogen-bond acceptors (Lipinski definition) is 4. The van der Waals surface area contributed by atoms with Gasteiger partial charge in [-0.1, -0.05) is 17.7 Å². The molecule has 1 atom stereocenters. The van der Waals surface area contributed by atoms with Crippen LogP contribution in [-0.2, 0) is 19.9 Å². The zero-order chi connectivity index (χ0) is 19.1. The summed E-state index contributed by atoms with van der Waals surface area (Å²) >= 11 is 5.86. The molecule has 1 unspecified atom stereocenters. The molecular weight excluding hydrogens is 394 g/mol. The maximum Gasteiger partial charge on any atom is 0.264 e. The van der Waals surface area contributed by atoms with Crippen molar-refractivity contribution in [2.45, 2.75) is 24.8 Å². The van der Waals surface area contributed by atoms with Gasteiger partial charge in [-0.3, -0.25) is 4.31 Å². The maximum atomic E-state index is 13.3. The van der Waals surface area contributed by atoms with E-state index < -0.39 is 25.9 Å². The molecule has 2 aromatic carbocycles. The van der Waals surface area contributed by atoms with Crippen LogP contribution in [0.5, 0.6) is 0 Å². The van der Waals surface area contributed by atoms with Gasteiger partial charge in [0.15, 0.2) is 9.84 Å². The van der Waals surface area contributed by atoms with Gasteiger partial charge in [0.2, 0.25) is 0 Å². The molecule has 0 spiro atoms. The summed E-state index contributed by atoms with van der Waals surface area (Å²) in [7, 11) is -7.40. The molecular formula is C18H18ClNO4S2. The number of sulfone groups is 1. The maximum absolute atomic E-state index is 13.3. The molecule has 0 saturated heterocycles. The Hall–Kier alpha value is -1.83. The molecule has 8 heteroatoms. The van der Waals surface area contributed by atoms with Crippen molar-refractivity contribution in [2.24, 2.45) is 0 Å². The van der Waals surface area contributed by atoms with E-state index in [4.69, 9.17) is 11.6 Å². The summed E-state index contributed by atoms with van der Waals surface area (Å²) < 4.78 is 51.5. The largest absolute Gasteiger partial charge is 0.264 e. The SMILES string of the molecule is Cc1ccc(N(C2C=CS(=O)(=O)C2)S(=O)(=O)c2ccc(Cl)cc2)cc1C. The van der Waals surface area contributed by atoms with E-state index in [9.17, 15) is 16.8 Å². The highest BCUT2D eigenvalue weighted by Crippen LogP contribution is 2.31. The minimum absolute atomic E-state index is 0.0535. The van der Waals surface area contributed by atoms with E-state index in [-0.39, 0.29) is 10.6 Å². The second-order valence-corrected chi connectivity index (χ2v) is 10.4. The van der Waals surface area contributed by atoms with Gasteiger partial charge in [0.25, 0.3) is 10.0 Å². The van der Waals surface area contributed by atoms with Gasteiger partial charge < -0.3 is 0 Å². The summed E-state index contributed by atoms with van der Waals surface area (Å²) in [6.45, 7) is 3.81. The minimum atomic E-state index is -3.98. The minimum Gasteiger partial charge on any atom is -0.258 e. The van der Waals surface area contributed by atoms with Crippen molar-refractivity contribution in [1.82, 2.24) is 0 Å². The Kier molecular flexibility index (Phi) is 4.90. The van der Waals surface area contributed by atoms with E-state index in [1.807, 2.05) is 19.9 Å². The molecule has 138 valence electrons. The van der Waals surface area contributed by atoms with Gasteiger partial charge in [0.05, 0.1) is 22.4 Å². The number of rotatable bonds is 4. The van der Waals surface area contributed by atoms with Crippen molar-refractivity contribution in [3.05, 3.63) is 70.1 Å². The van der Waals surface area contributed by atoms with Crippen molar-refractivity contribution in [3.63, 3.8) is 0 Å². The van der Waals surface area contributed by atoms with Gasteiger partial charge >= 0.3 is 0 Å². The topological polar surface area (TPSA) is 71.5 Å². The van der Waals surface area contributed by atoms with Crippen LogP contribution in [0.2, 0.25) is 5.02 Å². The van der Waals surface area contributed by atoms with Crippen LogP contribution in [0.3, 0.4) is 0 Å². The van der Waals surface area contributed by atoms with Crippen LogP contribution in [0.25, 0.3) is 0 Å². The Labute approximate surface area is 158 Å². The predicted octanol–water partition coefficient (Wildman–Crippen LogP) is 3.46. The van der Waals surface area contributed by atoms with Gasteiger partial charge in [0, 0.05) is 10.4 Å². The number of aryl methyl sites for hydroxylation is 2. The smallest absolute Gasteiger partial charge is 0.258 e. The lowest BCUT2D eigenvalue weighted by Crippen LogP contribution is -2.41. The zero-order valence-electron chi connectivity index (χ0n) is 14.3. The molecule has 0 bridgehead atoms. The number of hydrogen-bond donors (Lipinski definition) is 0. The van der Waals surface area contributed by atoms with E-state index in [0.29, 0.717) is 10.7 Å². The van der Waals surface area contributed by atoms with Crippen LogP contribution in [-0.4, -0.2) is 28.6 Å². The van der Waals surface area contributed by atoms with E-state index in [2.05, 4.69) is 0 Å². The van der Waals surface area contributed by atoms with Crippen molar-refractivity contribution in [3.8, 4) is 0 Å². The Morgan fingerprint density at radius 1 is 1.04 bits per heavy atom. The standard InChI is InChI=1S/C18H18ClNO4S2/c1-13-3-6-16(11-14(13)2)20(17-9-10-25(21,22)12-17)26(23,24)18-7-4-15(19)5-8-18/h3-11,17H,12H2,1-2H3. The number of anilines is 1. The highest BCUT2D eigenvalue weighted by atomic mass is 35.5. The highest BCUT2D eigenvalue weighted by molar-refractivity contribution is 7.95. The first kappa shape index (κ1) is 18.9. The lowest BCUT2D eigenvalue weighted by Gasteiger charge is -2.29. The molecule has 0 aromatic heterocycles.